The average molecular weight is 416 g/mol. The highest BCUT2D eigenvalue weighted by Crippen LogP contribution is 2.39. The third-order valence-electron chi connectivity index (χ3n) is 4.29. The van der Waals surface area contributed by atoms with E-state index in [1.807, 2.05) is 0 Å². The minimum atomic E-state index is -4.98. The Kier molecular flexibility index (Phi) is 5.01. The van der Waals surface area contributed by atoms with Crippen LogP contribution in [0.5, 0.6) is 0 Å². The first-order valence-electron chi connectivity index (χ1n) is 8.27. The number of aryl methyl sites for hydroxylation is 1. The van der Waals surface area contributed by atoms with Gasteiger partial charge in [-0.25, -0.2) is 4.98 Å². The zero-order chi connectivity index (χ0) is 21.6. The van der Waals surface area contributed by atoms with Crippen molar-refractivity contribution in [2.45, 2.75) is 32.2 Å². The lowest BCUT2D eigenvalue weighted by atomic mass is 9.98. The summed E-state index contributed by atoms with van der Waals surface area (Å²) in [5.74, 6) is 0.343. The number of nitrogens with zero attached hydrogens (tertiary/aromatic N) is 3. The molecule has 0 radical (unpaired) electrons. The molecule has 5 nitrogen and oxygen atoms in total. The number of rotatable bonds is 3. The van der Waals surface area contributed by atoms with Crippen molar-refractivity contribution in [2.75, 3.05) is 0 Å². The fourth-order valence-corrected chi connectivity index (χ4v) is 2.89. The summed E-state index contributed by atoms with van der Waals surface area (Å²) in [5.41, 5.74) is -2.89. The van der Waals surface area contributed by atoms with Gasteiger partial charge in [-0.05, 0) is 31.5 Å². The van der Waals surface area contributed by atoms with Crippen LogP contribution in [0.4, 0.5) is 26.3 Å². The number of aromatic nitrogens is 4. The van der Waals surface area contributed by atoms with Gasteiger partial charge in [0.25, 0.3) is 5.56 Å². The zero-order valence-electron chi connectivity index (χ0n) is 15.1. The summed E-state index contributed by atoms with van der Waals surface area (Å²) in [7, 11) is 0. The van der Waals surface area contributed by atoms with Gasteiger partial charge in [0, 0.05) is 17.8 Å². The van der Waals surface area contributed by atoms with Gasteiger partial charge in [-0.1, -0.05) is 6.07 Å². The third kappa shape index (κ3) is 4.33. The molecular weight excluding hydrogens is 402 g/mol. The van der Waals surface area contributed by atoms with Gasteiger partial charge in [0.1, 0.15) is 5.82 Å². The zero-order valence-corrected chi connectivity index (χ0v) is 15.1. The second kappa shape index (κ2) is 7.05. The molecule has 1 aromatic carbocycles. The smallest absolute Gasteiger partial charge is 0.311 e. The molecule has 0 saturated carbocycles. The Morgan fingerprint density at radius 1 is 1.07 bits per heavy atom. The monoisotopic (exact) mass is 416 g/mol. The van der Waals surface area contributed by atoms with Crippen LogP contribution in [0.1, 0.15) is 35.5 Å². The van der Waals surface area contributed by atoms with E-state index in [2.05, 4.69) is 15.1 Å². The fourth-order valence-electron chi connectivity index (χ4n) is 2.89. The van der Waals surface area contributed by atoms with E-state index in [1.54, 1.807) is 6.92 Å². The molecule has 0 aliphatic heterocycles. The highest BCUT2D eigenvalue weighted by molar-refractivity contribution is 5.56. The topological polar surface area (TPSA) is 63.6 Å². The fraction of sp³-hybridized carbons (Fsp3) is 0.278. The van der Waals surface area contributed by atoms with Gasteiger partial charge >= 0.3 is 12.4 Å². The number of nitrogens with one attached hydrogen (secondary N) is 1. The van der Waals surface area contributed by atoms with Crippen LogP contribution in [0.15, 0.2) is 41.5 Å². The minimum absolute atomic E-state index is 0.0951. The van der Waals surface area contributed by atoms with Gasteiger partial charge in [-0.2, -0.15) is 31.4 Å². The number of benzene rings is 1. The Bertz CT molecular complexity index is 1100. The number of aromatic amines is 1. The molecular formula is C18H14F6N4O. The molecule has 0 spiro atoms. The summed E-state index contributed by atoms with van der Waals surface area (Å²) < 4.78 is 79.9. The number of alkyl halides is 6. The maximum absolute atomic E-state index is 13.4. The van der Waals surface area contributed by atoms with E-state index in [9.17, 15) is 31.1 Å². The van der Waals surface area contributed by atoms with Crippen molar-refractivity contribution in [3.05, 3.63) is 69.5 Å². The quantitative estimate of drug-likeness (QED) is 0.636. The molecule has 3 rings (SSSR count). The molecule has 0 aliphatic rings. The van der Waals surface area contributed by atoms with Gasteiger partial charge in [0.05, 0.1) is 29.1 Å². The van der Waals surface area contributed by atoms with Crippen molar-refractivity contribution in [3.63, 3.8) is 0 Å². The van der Waals surface area contributed by atoms with E-state index in [-0.39, 0.29) is 17.3 Å². The molecule has 0 unspecified atom stereocenters. The predicted molar refractivity (Wildman–Crippen MR) is 91.1 cm³/mol. The van der Waals surface area contributed by atoms with E-state index in [0.717, 1.165) is 6.07 Å². The van der Waals surface area contributed by atoms with Crippen molar-refractivity contribution in [1.82, 2.24) is 19.7 Å². The maximum Gasteiger partial charge on any atom is 0.416 e. The Labute approximate surface area is 160 Å². The first-order valence-corrected chi connectivity index (χ1v) is 8.27. The van der Waals surface area contributed by atoms with Crippen molar-refractivity contribution in [2.24, 2.45) is 0 Å². The summed E-state index contributed by atoms with van der Waals surface area (Å²) in [4.78, 5) is 18.2. The lowest BCUT2D eigenvalue weighted by Gasteiger charge is -2.20. The Hall–Kier alpha value is -3.11. The predicted octanol–water partition coefficient (Wildman–Crippen LogP) is 4.59. The molecule has 0 saturated heterocycles. The number of halogens is 6. The maximum atomic E-state index is 13.4. The SMILES string of the molecule is Cc1nc(-c2cnn([C@@H](C)c3ccc(C(F)(F)F)cc3C(F)(F)F)c2)cc(=O)[nH]1. The molecule has 11 heteroatoms. The van der Waals surface area contributed by atoms with Crippen LogP contribution in [0.2, 0.25) is 0 Å². The molecule has 29 heavy (non-hydrogen) atoms. The largest absolute Gasteiger partial charge is 0.416 e. The standard InChI is InChI=1S/C18H14F6N4O/c1-9(13-4-3-12(17(19,20)21)5-14(13)18(22,23)24)28-8-11(7-25-28)15-6-16(29)27-10(2)26-15/h3-9H,1-2H3,(H,26,27,29)/t9-/m0/s1. The molecule has 154 valence electrons. The summed E-state index contributed by atoms with van der Waals surface area (Å²) >= 11 is 0. The highest BCUT2D eigenvalue weighted by atomic mass is 19.4. The van der Waals surface area contributed by atoms with Crippen molar-refractivity contribution in [3.8, 4) is 11.3 Å². The van der Waals surface area contributed by atoms with E-state index >= 15 is 0 Å². The van der Waals surface area contributed by atoms with Crippen LogP contribution in [0.3, 0.4) is 0 Å². The summed E-state index contributed by atoms with van der Waals surface area (Å²) in [6.45, 7) is 2.95. The summed E-state index contributed by atoms with van der Waals surface area (Å²) in [6, 6.07) is 1.68. The van der Waals surface area contributed by atoms with Gasteiger partial charge in [-0.3, -0.25) is 9.48 Å². The van der Waals surface area contributed by atoms with E-state index < -0.39 is 35.1 Å². The molecule has 2 aromatic heterocycles. The van der Waals surface area contributed by atoms with E-state index in [0.29, 0.717) is 17.5 Å². The third-order valence-corrected chi connectivity index (χ3v) is 4.29. The number of hydrogen-bond acceptors (Lipinski definition) is 3. The van der Waals surface area contributed by atoms with Gasteiger partial charge in [0.15, 0.2) is 0 Å². The minimum Gasteiger partial charge on any atom is -0.311 e. The van der Waals surface area contributed by atoms with Crippen LogP contribution in [-0.4, -0.2) is 19.7 Å². The van der Waals surface area contributed by atoms with Crippen molar-refractivity contribution in [1.29, 1.82) is 0 Å². The van der Waals surface area contributed by atoms with Gasteiger partial charge in [-0.15, -0.1) is 0 Å². The summed E-state index contributed by atoms with van der Waals surface area (Å²) in [5, 5.41) is 4.00. The Morgan fingerprint density at radius 2 is 1.76 bits per heavy atom. The van der Waals surface area contributed by atoms with Gasteiger partial charge < -0.3 is 4.98 Å². The van der Waals surface area contributed by atoms with Crippen LogP contribution in [0.25, 0.3) is 11.3 Å². The molecule has 1 atom stereocenters. The second-order valence-corrected chi connectivity index (χ2v) is 6.40. The Balaban J connectivity index is 2.04. The molecule has 3 aromatic rings. The van der Waals surface area contributed by atoms with Gasteiger partial charge in [0.2, 0.25) is 0 Å². The van der Waals surface area contributed by atoms with Crippen molar-refractivity contribution >= 4 is 0 Å². The van der Waals surface area contributed by atoms with Crippen LogP contribution in [0, 0.1) is 6.92 Å². The Morgan fingerprint density at radius 3 is 2.34 bits per heavy atom. The molecule has 0 bridgehead atoms. The highest BCUT2D eigenvalue weighted by Gasteiger charge is 2.39. The average Bonchev–Trinajstić information content (AvgIpc) is 3.08. The van der Waals surface area contributed by atoms with Crippen LogP contribution in [-0.2, 0) is 12.4 Å². The lowest BCUT2D eigenvalue weighted by Crippen LogP contribution is -2.17. The molecule has 0 aliphatic carbocycles. The van der Waals surface area contributed by atoms with E-state index in [4.69, 9.17) is 0 Å². The molecule has 0 amide bonds. The first kappa shape index (κ1) is 20.6. The van der Waals surface area contributed by atoms with Crippen LogP contribution >= 0.6 is 0 Å². The molecule has 0 fully saturated rings. The van der Waals surface area contributed by atoms with E-state index in [1.165, 1.54) is 30.1 Å². The number of hydrogen-bond donors (Lipinski definition) is 1. The van der Waals surface area contributed by atoms with Crippen molar-refractivity contribution < 1.29 is 26.3 Å². The van der Waals surface area contributed by atoms with Crippen LogP contribution < -0.4 is 5.56 Å². The number of H-pyrrole nitrogens is 1. The lowest BCUT2D eigenvalue weighted by molar-refractivity contribution is -0.143. The second-order valence-electron chi connectivity index (χ2n) is 6.40. The molecule has 2 heterocycles. The summed E-state index contributed by atoms with van der Waals surface area (Å²) in [6.07, 6.45) is -7.18. The normalized spacial score (nSPS) is 13.5. The first-order chi connectivity index (χ1) is 13.4. The molecule has 1 N–H and O–H groups in total.